The van der Waals surface area contributed by atoms with Gasteiger partial charge in [0.15, 0.2) is 0 Å². The molecule has 1 aromatic rings. The van der Waals surface area contributed by atoms with Crippen molar-refractivity contribution in [1.29, 1.82) is 0 Å². The van der Waals surface area contributed by atoms with Crippen LogP contribution < -0.4 is 11.5 Å². The Bertz CT molecular complexity index is 347. The first-order chi connectivity index (χ1) is 6.18. The third-order valence-electron chi connectivity index (χ3n) is 1.23. The van der Waals surface area contributed by atoms with E-state index in [0.717, 1.165) is 10.0 Å². The summed E-state index contributed by atoms with van der Waals surface area (Å²) in [4.78, 5) is 0. The van der Waals surface area contributed by atoms with Gasteiger partial charge in [-0.05, 0) is 17.7 Å². The first kappa shape index (κ1) is 12.9. The molecule has 4 N–H and O–H groups in total. The topological polar surface area (TPSA) is 76.8 Å². The van der Waals surface area contributed by atoms with Gasteiger partial charge < -0.3 is 11.5 Å². The van der Waals surface area contributed by atoms with Crippen molar-refractivity contribution in [1.82, 2.24) is 0 Å². The Morgan fingerprint density at radius 3 is 2.64 bits per heavy atom. The molecule has 0 saturated heterocycles. The van der Waals surface area contributed by atoms with Crippen molar-refractivity contribution in [3.63, 3.8) is 0 Å². The summed E-state index contributed by atoms with van der Waals surface area (Å²) in [5.74, 6) is -0.0498. The van der Waals surface area contributed by atoms with Crippen LogP contribution >= 0.6 is 28.3 Å². The summed E-state index contributed by atoms with van der Waals surface area (Å²) >= 11 is 3.34. The number of hydrogen-bond acceptors (Lipinski definition) is 2. The molecule has 0 saturated carbocycles. The minimum Gasteiger partial charge on any atom is -0.369 e. The van der Waals surface area contributed by atoms with E-state index in [2.05, 4.69) is 26.1 Å². The van der Waals surface area contributed by atoms with Gasteiger partial charge in [-0.3, -0.25) is 0 Å². The molecule has 0 aromatic heterocycles. The summed E-state index contributed by atoms with van der Waals surface area (Å²) in [6.45, 7) is 0. The van der Waals surface area contributed by atoms with Crippen molar-refractivity contribution in [2.24, 2.45) is 21.7 Å². The van der Waals surface area contributed by atoms with E-state index in [9.17, 15) is 0 Å². The molecule has 0 heterocycles. The fourth-order valence-corrected chi connectivity index (χ4v) is 1.17. The van der Waals surface area contributed by atoms with E-state index >= 15 is 0 Å². The summed E-state index contributed by atoms with van der Waals surface area (Å²) in [6.07, 6.45) is 1.57. The van der Waals surface area contributed by atoms with Crippen molar-refractivity contribution < 1.29 is 0 Å². The third-order valence-corrected chi connectivity index (χ3v) is 1.72. The highest BCUT2D eigenvalue weighted by atomic mass is 79.9. The lowest BCUT2D eigenvalue weighted by Gasteiger charge is -1.91. The van der Waals surface area contributed by atoms with Crippen LogP contribution in [0.4, 0.5) is 0 Å². The van der Waals surface area contributed by atoms with Crippen LogP contribution in [0.5, 0.6) is 0 Å². The maximum Gasteiger partial charge on any atom is 0.211 e. The molecule has 76 valence electrons. The minimum atomic E-state index is -0.0498. The van der Waals surface area contributed by atoms with Crippen molar-refractivity contribution in [2.45, 2.75) is 0 Å². The van der Waals surface area contributed by atoms with Crippen molar-refractivity contribution in [3.05, 3.63) is 34.3 Å². The predicted octanol–water partition coefficient (Wildman–Crippen LogP) is 1.48. The Kier molecular flexibility index (Phi) is 5.91. The Hall–Kier alpha value is -1.07. The van der Waals surface area contributed by atoms with Gasteiger partial charge in [-0.25, -0.2) is 0 Å². The Balaban J connectivity index is 0.00000169. The number of nitrogens with two attached hydrogens (primary N) is 2. The molecule has 0 amide bonds. The van der Waals surface area contributed by atoms with Gasteiger partial charge in [0.25, 0.3) is 0 Å². The molecule has 6 heteroatoms. The van der Waals surface area contributed by atoms with E-state index in [1.807, 2.05) is 24.3 Å². The minimum absolute atomic E-state index is 0. The van der Waals surface area contributed by atoms with E-state index < -0.39 is 0 Å². The Morgan fingerprint density at radius 1 is 1.36 bits per heavy atom. The average molecular weight is 278 g/mol. The Labute approximate surface area is 96.6 Å². The summed E-state index contributed by atoms with van der Waals surface area (Å²) in [6, 6.07) is 7.64. The second-order valence-electron chi connectivity index (χ2n) is 2.32. The standard InChI is InChI=1S/C8H9BrN4.ClH/c9-7-3-1-2-6(4-7)5-12-13-8(10)11;/h1-5H,(H4,10,11,13);1H. The normalized spacial score (nSPS) is 9.50. The second-order valence-corrected chi connectivity index (χ2v) is 3.24. The zero-order chi connectivity index (χ0) is 9.68. The van der Waals surface area contributed by atoms with Crippen LogP contribution in [0.2, 0.25) is 0 Å². The molecule has 0 atom stereocenters. The van der Waals surface area contributed by atoms with Crippen LogP contribution in [0, 0.1) is 0 Å². The lowest BCUT2D eigenvalue weighted by molar-refractivity contribution is 1.21. The molecule has 4 nitrogen and oxygen atoms in total. The number of benzene rings is 1. The number of nitrogens with zero attached hydrogens (tertiary/aromatic N) is 2. The van der Waals surface area contributed by atoms with Gasteiger partial charge in [-0.1, -0.05) is 28.1 Å². The maximum atomic E-state index is 5.09. The smallest absolute Gasteiger partial charge is 0.211 e. The maximum absolute atomic E-state index is 5.09. The van der Waals surface area contributed by atoms with Crippen LogP contribution in [0.15, 0.2) is 38.9 Å². The van der Waals surface area contributed by atoms with Crippen molar-refractivity contribution >= 4 is 40.5 Å². The summed E-state index contributed by atoms with van der Waals surface area (Å²) < 4.78 is 0.987. The molecule has 0 aliphatic heterocycles. The third kappa shape index (κ3) is 4.84. The largest absolute Gasteiger partial charge is 0.369 e. The fourth-order valence-electron chi connectivity index (χ4n) is 0.749. The zero-order valence-electron chi connectivity index (χ0n) is 7.22. The van der Waals surface area contributed by atoms with Gasteiger partial charge in [-0.15, -0.1) is 17.5 Å². The molecule has 1 aromatic carbocycles. The van der Waals surface area contributed by atoms with Gasteiger partial charge in [-0.2, -0.15) is 5.10 Å². The number of halogens is 2. The van der Waals surface area contributed by atoms with Crippen LogP contribution in [-0.2, 0) is 0 Å². The molecular weight excluding hydrogens is 267 g/mol. The number of guanidine groups is 1. The molecule has 0 aliphatic rings. The lowest BCUT2D eigenvalue weighted by Crippen LogP contribution is -2.21. The molecule has 0 radical (unpaired) electrons. The zero-order valence-corrected chi connectivity index (χ0v) is 9.62. The monoisotopic (exact) mass is 276 g/mol. The highest BCUT2D eigenvalue weighted by Gasteiger charge is 1.88. The van der Waals surface area contributed by atoms with Crippen molar-refractivity contribution in [3.8, 4) is 0 Å². The van der Waals surface area contributed by atoms with Gasteiger partial charge in [0, 0.05) is 4.47 Å². The number of rotatable bonds is 2. The molecule has 0 spiro atoms. The predicted molar refractivity (Wildman–Crippen MR) is 64.8 cm³/mol. The van der Waals surface area contributed by atoms with E-state index in [0.29, 0.717) is 0 Å². The summed E-state index contributed by atoms with van der Waals surface area (Å²) in [5.41, 5.74) is 11.1. The van der Waals surface area contributed by atoms with Crippen LogP contribution in [0.25, 0.3) is 0 Å². The first-order valence-electron chi connectivity index (χ1n) is 3.56. The van der Waals surface area contributed by atoms with E-state index in [1.165, 1.54) is 0 Å². The van der Waals surface area contributed by atoms with Gasteiger partial charge in [0.2, 0.25) is 5.96 Å². The quantitative estimate of drug-likeness (QED) is 0.488. The number of hydrogen-bond donors (Lipinski definition) is 2. The Morgan fingerprint density at radius 2 is 2.07 bits per heavy atom. The molecule has 1 rings (SSSR count). The molecule has 0 aliphatic carbocycles. The van der Waals surface area contributed by atoms with Gasteiger partial charge in [0.05, 0.1) is 6.21 Å². The highest BCUT2D eigenvalue weighted by Crippen LogP contribution is 2.09. The summed E-state index contributed by atoms with van der Waals surface area (Å²) in [5, 5.41) is 7.15. The van der Waals surface area contributed by atoms with Gasteiger partial charge >= 0.3 is 0 Å². The summed E-state index contributed by atoms with van der Waals surface area (Å²) in [7, 11) is 0. The lowest BCUT2D eigenvalue weighted by atomic mass is 10.2. The first-order valence-corrected chi connectivity index (χ1v) is 4.35. The molecular formula is C8H10BrClN4. The molecule has 0 bridgehead atoms. The van der Waals surface area contributed by atoms with E-state index in [-0.39, 0.29) is 18.4 Å². The second kappa shape index (κ2) is 6.39. The van der Waals surface area contributed by atoms with E-state index in [4.69, 9.17) is 11.5 Å². The van der Waals surface area contributed by atoms with Gasteiger partial charge in [0.1, 0.15) is 0 Å². The van der Waals surface area contributed by atoms with Crippen LogP contribution in [0.1, 0.15) is 5.56 Å². The molecule has 0 unspecified atom stereocenters. The average Bonchev–Trinajstić information content (AvgIpc) is 2.03. The fraction of sp³-hybridized carbons (Fsp3) is 0. The highest BCUT2D eigenvalue weighted by molar-refractivity contribution is 9.10. The van der Waals surface area contributed by atoms with Crippen molar-refractivity contribution in [2.75, 3.05) is 0 Å². The van der Waals surface area contributed by atoms with Crippen LogP contribution in [0.3, 0.4) is 0 Å². The molecule has 14 heavy (non-hydrogen) atoms. The van der Waals surface area contributed by atoms with Crippen LogP contribution in [-0.4, -0.2) is 12.2 Å². The van der Waals surface area contributed by atoms with E-state index in [1.54, 1.807) is 6.21 Å². The SMILES string of the molecule is Cl.NC(N)=NN=Cc1cccc(Br)c1. The molecule has 0 fully saturated rings.